The van der Waals surface area contributed by atoms with Crippen molar-refractivity contribution in [2.24, 2.45) is 5.73 Å². The zero-order valence-corrected chi connectivity index (χ0v) is 19.8. The molecule has 1 fully saturated rings. The highest BCUT2D eigenvalue weighted by molar-refractivity contribution is 5.92. The van der Waals surface area contributed by atoms with Crippen LogP contribution in [0.4, 0.5) is 5.69 Å². The monoisotopic (exact) mass is 467 g/mol. The van der Waals surface area contributed by atoms with Gasteiger partial charge < -0.3 is 20.9 Å². The van der Waals surface area contributed by atoms with Crippen LogP contribution in [0, 0.1) is 6.92 Å². The maximum atomic E-state index is 12.8. The second kappa shape index (κ2) is 8.39. The van der Waals surface area contributed by atoms with Gasteiger partial charge in [-0.25, -0.2) is 4.98 Å². The first kappa shape index (κ1) is 21.6. The lowest BCUT2D eigenvalue weighted by Crippen LogP contribution is -2.23. The normalized spacial score (nSPS) is 15.5. The Hall–Kier alpha value is -3.91. The van der Waals surface area contributed by atoms with Crippen molar-refractivity contribution in [3.05, 3.63) is 100 Å². The van der Waals surface area contributed by atoms with E-state index in [2.05, 4.69) is 62.5 Å². The second-order valence-electron chi connectivity index (χ2n) is 9.68. The molecule has 1 aliphatic carbocycles. The average Bonchev–Trinajstić information content (AvgIpc) is 3.36. The molecule has 4 N–H and O–H groups in total. The van der Waals surface area contributed by atoms with Crippen LogP contribution in [0.2, 0.25) is 0 Å². The molecule has 8 heteroatoms. The molecule has 1 aliphatic heterocycles. The number of nitrogens with one attached hydrogen (secondary N) is 2. The van der Waals surface area contributed by atoms with Gasteiger partial charge in [0, 0.05) is 35.9 Å². The molecule has 0 bridgehead atoms. The van der Waals surface area contributed by atoms with Crippen molar-refractivity contribution in [1.82, 2.24) is 24.6 Å². The minimum atomic E-state index is -0.169. The van der Waals surface area contributed by atoms with Crippen LogP contribution in [0.1, 0.15) is 57.1 Å². The fourth-order valence-corrected chi connectivity index (χ4v) is 4.61. The van der Waals surface area contributed by atoms with E-state index in [9.17, 15) is 4.79 Å². The number of carbonyl (C=O) groups excluding carboxylic acids is 1. The van der Waals surface area contributed by atoms with Crippen molar-refractivity contribution in [3.63, 3.8) is 0 Å². The molecule has 3 heterocycles. The molecule has 2 aromatic carbocycles. The van der Waals surface area contributed by atoms with E-state index in [-0.39, 0.29) is 11.4 Å². The van der Waals surface area contributed by atoms with Gasteiger partial charge in [0.05, 0.1) is 19.6 Å². The van der Waals surface area contributed by atoms with Crippen LogP contribution in [0.5, 0.6) is 0 Å². The largest absolute Gasteiger partial charge is 0.378 e. The van der Waals surface area contributed by atoms with Gasteiger partial charge in [0.1, 0.15) is 11.5 Å². The van der Waals surface area contributed by atoms with E-state index in [1.807, 2.05) is 35.3 Å². The molecule has 4 aromatic rings. The van der Waals surface area contributed by atoms with E-state index in [0.717, 1.165) is 42.2 Å². The Morgan fingerprint density at radius 1 is 1.14 bits per heavy atom. The summed E-state index contributed by atoms with van der Waals surface area (Å²) >= 11 is 0. The highest BCUT2D eigenvalue weighted by atomic mass is 16.1. The molecule has 2 aromatic heterocycles. The van der Waals surface area contributed by atoms with Gasteiger partial charge in [0.15, 0.2) is 0 Å². The summed E-state index contributed by atoms with van der Waals surface area (Å²) < 4.78 is 4.04. The third kappa shape index (κ3) is 4.33. The molecule has 6 rings (SSSR count). The number of nitrogens with two attached hydrogens (primary N) is 1. The topological polar surface area (TPSA) is 103 Å². The van der Waals surface area contributed by atoms with E-state index in [1.54, 1.807) is 0 Å². The highest BCUT2D eigenvalue weighted by Gasteiger charge is 2.39. The van der Waals surface area contributed by atoms with Crippen molar-refractivity contribution in [2.45, 2.75) is 51.5 Å². The minimum absolute atomic E-state index is 0.136. The molecule has 0 unspecified atom stereocenters. The van der Waals surface area contributed by atoms with Crippen molar-refractivity contribution in [2.75, 3.05) is 5.32 Å². The van der Waals surface area contributed by atoms with Crippen molar-refractivity contribution >= 4 is 11.6 Å². The number of carbonyl (C=O) groups is 1. The molecule has 35 heavy (non-hydrogen) atoms. The third-order valence-corrected chi connectivity index (χ3v) is 7.08. The van der Waals surface area contributed by atoms with Crippen LogP contribution in [0.15, 0.2) is 60.9 Å². The van der Waals surface area contributed by atoms with Gasteiger partial charge in [-0.1, -0.05) is 36.4 Å². The molecule has 0 radical (unpaired) electrons. The summed E-state index contributed by atoms with van der Waals surface area (Å²) in [7, 11) is 0. The first-order chi connectivity index (χ1) is 17.0. The van der Waals surface area contributed by atoms with Crippen LogP contribution in [0.3, 0.4) is 0 Å². The summed E-state index contributed by atoms with van der Waals surface area (Å²) in [5, 5.41) is 10.9. The number of imidazole rings is 1. The average molecular weight is 468 g/mol. The Morgan fingerprint density at radius 3 is 2.69 bits per heavy atom. The first-order valence-electron chi connectivity index (χ1n) is 12.0. The SMILES string of the molecule is Cc1ccnn1Cc1ccc2c(c1)NCc1nc(C(=O)NCc3ccc(C4(N)CC4)cc3)cn1C2. The number of fused-ring (bicyclic) bond motifs is 2. The Morgan fingerprint density at radius 2 is 1.94 bits per heavy atom. The molecular formula is C27H29N7O. The van der Waals surface area contributed by atoms with Crippen LogP contribution < -0.4 is 16.4 Å². The fraction of sp³-hybridized carbons (Fsp3) is 0.296. The number of nitrogens with zero attached hydrogens (tertiary/aromatic N) is 4. The van der Waals surface area contributed by atoms with Gasteiger partial charge in [0.25, 0.3) is 5.91 Å². The molecule has 1 amide bonds. The van der Waals surface area contributed by atoms with Crippen LogP contribution in [-0.2, 0) is 31.7 Å². The fourth-order valence-electron chi connectivity index (χ4n) is 4.61. The quantitative estimate of drug-likeness (QED) is 0.404. The predicted octanol–water partition coefficient (Wildman–Crippen LogP) is 3.29. The summed E-state index contributed by atoms with van der Waals surface area (Å²) in [6.45, 7) is 4.48. The molecule has 1 saturated carbocycles. The van der Waals surface area contributed by atoms with Crippen LogP contribution in [0.25, 0.3) is 0 Å². The maximum Gasteiger partial charge on any atom is 0.271 e. The maximum absolute atomic E-state index is 12.8. The van der Waals surface area contributed by atoms with E-state index in [1.165, 1.54) is 16.7 Å². The minimum Gasteiger partial charge on any atom is -0.378 e. The Kier molecular flexibility index (Phi) is 5.18. The highest BCUT2D eigenvalue weighted by Crippen LogP contribution is 2.42. The van der Waals surface area contributed by atoms with Crippen LogP contribution >= 0.6 is 0 Å². The number of rotatable bonds is 6. The third-order valence-electron chi connectivity index (χ3n) is 7.08. The van der Waals surface area contributed by atoms with Gasteiger partial charge in [-0.05, 0) is 54.2 Å². The number of anilines is 1. The van der Waals surface area contributed by atoms with Crippen molar-refractivity contribution in [1.29, 1.82) is 0 Å². The summed E-state index contributed by atoms with van der Waals surface area (Å²) in [5.41, 5.74) is 13.4. The molecular weight excluding hydrogens is 438 g/mol. The Balaban J connectivity index is 1.11. The lowest BCUT2D eigenvalue weighted by atomic mass is 10.0. The van der Waals surface area contributed by atoms with Crippen molar-refractivity contribution < 1.29 is 4.79 Å². The summed E-state index contributed by atoms with van der Waals surface area (Å²) in [4.78, 5) is 17.4. The first-order valence-corrected chi connectivity index (χ1v) is 12.0. The van der Waals surface area contributed by atoms with E-state index >= 15 is 0 Å². The molecule has 0 spiro atoms. The summed E-state index contributed by atoms with van der Waals surface area (Å²) in [6.07, 6.45) is 5.75. The van der Waals surface area contributed by atoms with E-state index in [4.69, 9.17) is 5.73 Å². The lowest BCUT2D eigenvalue weighted by Gasteiger charge is -2.11. The predicted molar refractivity (Wildman–Crippen MR) is 134 cm³/mol. The number of amides is 1. The molecule has 178 valence electrons. The van der Waals surface area contributed by atoms with E-state index in [0.29, 0.717) is 25.3 Å². The zero-order chi connectivity index (χ0) is 24.0. The van der Waals surface area contributed by atoms with Crippen LogP contribution in [-0.4, -0.2) is 25.2 Å². The summed E-state index contributed by atoms with van der Waals surface area (Å²) in [6, 6.07) is 16.7. The van der Waals surface area contributed by atoms with Gasteiger partial charge in [-0.3, -0.25) is 9.48 Å². The summed E-state index contributed by atoms with van der Waals surface area (Å²) in [5.74, 6) is 0.676. The molecule has 8 nitrogen and oxygen atoms in total. The Bertz CT molecular complexity index is 1400. The van der Waals surface area contributed by atoms with E-state index < -0.39 is 0 Å². The lowest BCUT2D eigenvalue weighted by molar-refractivity contribution is 0.0946. The van der Waals surface area contributed by atoms with Gasteiger partial charge >= 0.3 is 0 Å². The van der Waals surface area contributed by atoms with Gasteiger partial charge in [-0.15, -0.1) is 0 Å². The molecule has 0 atom stereocenters. The van der Waals surface area contributed by atoms with Gasteiger partial charge in [-0.2, -0.15) is 5.10 Å². The standard InChI is InChI=1S/C27H29N7O/c1-18-8-11-31-34(18)15-20-2-5-21-16-33-17-24(32-25(33)14-29-23(21)12-20)26(35)30-13-19-3-6-22(7-4-19)27(28)9-10-27/h2-8,11-12,17,29H,9-10,13-16,28H2,1H3,(H,30,35). The zero-order valence-electron chi connectivity index (χ0n) is 19.8. The number of hydrogen-bond donors (Lipinski definition) is 3. The molecule has 0 saturated heterocycles. The van der Waals surface area contributed by atoms with Gasteiger partial charge in [0.2, 0.25) is 0 Å². The smallest absolute Gasteiger partial charge is 0.271 e. The molecule has 2 aliphatic rings. The van der Waals surface area contributed by atoms with Crippen molar-refractivity contribution in [3.8, 4) is 0 Å². The second-order valence-corrected chi connectivity index (χ2v) is 9.68. The number of aromatic nitrogens is 4. The number of aryl methyl sites for hydroxylation is 1. The number of hydrogen-bond acceptors (Lipinski definition) is 5. The Labute approximate surface area is 204 Å². The number of benzene rings is 2.